The predicted molar refractivity (Wildman–Crippen MR) is 78.6 cm³/mol. The fourth-order valence-electron chi connectivity index (χ4n) is 1.68. The van der Waals surface area contributed by atoms with Gasteiger partial charge in [-0.05, 0) is 48.5 Å². The zero-order valence-corrected chi connectivity index (χ0v) is 12.9. The molecule has 0 spiro atoms. The van der Waals surface area contributed by atoms with Gasteiger partial charge in [-0.3, -0.25) is 0 Å². The second-order valence-electron chi connectivity index (χ2n) is 4.53. The van der Waals surface area contributed by atoms with Gasteiger partial charge < -0.3 is 10.4 Å². The fourth-order valence-corrected chi connectivity index (χ4v) is 3.47. The molecule has 0 aromatic heterocycles. The first-order chi connectivity index (χ1) is 8.00. The molecule has 96 valence electrons. The Hall–Kier alpha value is -0.0300. The summed E-state index contributed by atoms with van der Waals surface area (Å²) in [4.78, 5) is 1.25. The van der Waals surface area contributed by atoms with Crippen LogP contribution in [0.5, 0.6) is 0 Å². The third-order valence-electron chi connectivity index (χ3n) is 2.86. The standard InChI is InChI=1S/C13H20BrNOS/c1-10(8-13(2,9-16)15-3)17-12-7-5-4-6-11(12)14/h4-7,10,15-16H,8-9H2,1-3H3. The number of hydrogen-bond acceptors (Lipinski definition) is 3. The van der Waals surface area contributed by atoms with Crippen LogP contribution in [0.3, 0.4) is 0 Å². The number of halogens is 1. The predicted octanol–water partition coefficient (Wildman–Crippen LogP) is 3.29. The van der Waals surface area contributed by atoms with Gasteiger partial charge in [-0.25, -0.2) is 0 Å². The molecule has 0 heterocycles. The maximum Gasteiger partial charge on any atom is 0.0610 e. The van der Waals surface area contributed by atoms with Crippen LogP contribution in [-0.4, -0.2) is 29.5 Å². The fraction of sp³-hybridized carbons (Fsp3) is 0.538. The van der Waals surface area contributed by atoms with Crippen molar-refractivity contribution in [2.24, 2.45) is 0 Å². The molecule has 1 aromatic carbocycles. The van der Waals surface area contributed by atoms with Gasteiger partial charge in [-0.15, -0.1) is 11.8 Å². The maximum absolute atomic E-state index is 9.37. The van der Waals surface area contributed by atoms with E-state index in [1.165, 1.54) is 4.90 Å². The van der Waals surface area contributed by atoms with E-state index in [0.717, 1.165) is 10.9 Å². The molecule has 1 rings (SSSR count). The molecule has 2 N–H and O–H groups in total. The zero-order valence-electron chi connectivity index (χ0n) is 10.5. The summed E-state index contributed by atoms with van der Waals surface area (Å²) in [7, 11) is 1.89. The molecular weight excluding hydrogens is 298 g/mol. The van der Waals surface area contributed by atoms with E-state index >= 15 is 0 Å². The number of thioether (sulfide) groups is 1. The largest absolute Gasteiger partial charge is 0.394 e. The molecule has 0 saturated heterocycles. The molecule has 0 aliphatic heterocycles. The molecule has 4 heteroatoms. The van der Waals surface area contributed by atoms with Crippen molar-refractivity contribution in [1.29, 1.82) is 0 Å². The normalized spacial score (nSPS) is 16.5. The molecule has 0 fully saturated rings. The molecule has 2 nitrogen and oxygen atoms in total. The van der Waals surface area contributed by atoms with Crippen molar-refractivity contribution < 1.29 is 5.11 Å². The van der Waals surface area contributed by atoms with Crippen LogP contribution in [0.4, 0.5) is 0 Å². The van der Waals surface area contributed by atoms with E-state index in [0.29, 0.717) is 5.25 Å². The number of benzene rings is 1. The summed E-state index contributed by atoms with van der Waals surface area (Å²) in [5.74, 6) is 0. The number of aliphatic hydroxyl groups is 1. The number of aliphatic hydroxyl groups excluding tert-OH is 1. The summed E-state index contributed by atoms with van der Waals surface area (Å²) in [6, 6.07) is 8.23. The highest BCUT2D eigenvalue weighted by Crippen LogP contribution is 2.33. The third kappa shape index (κ3) is 4.62. The molecule has 2 unspecified atom stereocenters. The topological polar surface area (TPSA) is 32.3 Å². The molecule has 0 aliphatic rings. The first-order valence-electron chi connectivity index (χ1n) is 5.72. The Bertz CT molecular complexity index is 355. The summed E-state index contributed by atoms with van der Waals surface area (Å²) in [5, 5.41) is 13.0. The molecule has 17 heavy (non-hydrogen) atoms. The number of likely N-dealkylation sites (N-methyl/N-ethyl adjacent to an activating group) is 1. The van der Waals surface area contributed by atoms with Gasteiger partial charge in [-0.2, -0.15) is 0 Å². The lowest BCUT2D eigenvalue weighted by molar-refractivity contribution is 0.174. The average molecular weight is 318 g/mol. The quantitative estimate of drug-likeness (QED) is 0.790. The van der Waals surface area contributed by atoms with E-state index < -0.39 is 0 Å². The molecular formula is C13H20BrNOS. The monoisotopic (exact) mass is 317 g/mol. The van der Waals surface area contributed by atoms with Gasteiger partial charge in [0.1, 0.15) is 0 Å². The minimum absolute atomic E-state index is 0.157. The highest BCUT2D eigenvalue weighted by molar-refractivity contribution is 9.10. The van der Waals surface area contributed by atoms with E-state index in [9.17, 15) is 5.11 Å². The highest BCUT2D eigenvalue weighted by Gasteiger charge is 2.24. The van der Waals surface area contributed by atoms with Crippen LogP contribution >= 0.6 is 27.7 Å². The Morgan fingerprint density at radius 3 is 2.65 bits per heavy atom. The average Bonchev–Trinajstić information content (AvgIpc) is 2.32. The minimum atomic E-state index is -0.201. The Kier molecular flexibility index (Phi) is 6.00. The van der Waals surface area contributed by atoms with Crippen molar-refractivity contribution in [3.63, 3.8) is 0 Å². The molecule has 0 radical (unpaired) electrons. The van der Waals surface area contributed by atoms with Crippen LogP contribution in [0.25, 0.3) is 0 Å². The van der Waals surface area contributed by atoms with E-state index in [2.05, 4.69) is 40.3 Å². The van der Waals surface area contributed by atoms with Gasteiger partial charge >= 0.3 is 0 Å². The Labute approximate surface area is 116 Å². The highest BCUT2D eigenvalue weighted by atomic mass is 79.9. The van der Waals surface area contributed by atoms with Crippen molar-refractivity contribution in [2.45, 2.75) is 36.0 Å². The lowest BCUT2D eigenvalue weighted by Gasteiger charge is -2.29. The Morgan fingerprint density at radius 2 is 2.12 bits per heavy atom. The first-order valence-corrected chi connectivity index (χ1v) is 7.39. The number of hydrogen-bond donors (Lipinski definition) is 2. The second-order valence-corrected chi connectivity index (χ2v) is 6.87. The summed E-state index contributed by atoms with van der Waals surface area (Å²) in [5.41, 5.74) is -0.201. The molecule has 0 saturated carbocycles. The SMILES string of the molecule is CNC(C)(CO)CC(C)Sc1ccccc1Br. The molecule has 0 amide bonds. The van der Waals surface area contributed by atoms with Crippen molar-refractivity contribution in [2.75, 3.05) is 13.7 Å². The third-order valence-corrected chi connectivity index (χ3v) is 4.99. The summed E-state index contributed by atoms with van der Waals surface area (Å²) in [6.45, 7) is 4.39. The van der Waals surface area contributed by atoms with Gasteiger partial charge in [0.05, 0.1) is 6.61 Å². The van der Waals surface area contributed by atoms with E-state index in [1.807, 2.05) is 37.9 Å². The van der Waals surface area contributed by atoms with Gasteiger partial charge in [0.15, 0.2) is 0 Å². The van der Waals surface area contributed by atoms with Crippen LogP contribution in [0, 0.1) is 0 Å². The van der Waals surface area contributed by atoms with Crippen molar-refractivity contribution in [3.8, 4) is 0 Å². The minimum Gasteiger partial charge on any atom is -0.394 e. The summed E-state index contributed by atoms with van der Waals surface area (Å²) < 4.78 is 1.13. The maximum atomic E-state index is 9.37. The second kappa shape index (κ2) is 6.78. The Balaban J connectivity index is 2.61. The van der Waals surface area contributed by atoms with Gasteiger partial charge in [0.2, 0.25) is 0 Å². The molecule has 2 atom stereocenters. The van der Waals surface area contributed by atoms with Crippen LogP contribution in [0.1, 0.15) is 20.3 Å². The summed E-state index contributed by atoms with van der Waals surface area (Å²) >= 11 is 5.38. The zero-order chi connectivity index (χ0) is 12.9. The van der Waals surface area contributed by atoms with Crippen molar-refractivity contribution >= 4 is 27.7 Å². The van der Waals surface area contributed by atoms with Crippen LogP contribution in [-0.2, 0) is 0 Å². The van der Waals surface area contributed by atoms with E-state index in [-0.39, 0.29) is 12.1 Å². The van der Waals surface area contributed by atoms with Crippen LogP contribution in [0.2, 0.25) is 0 Å². The van der Waals surface area contributed by atoms with Crippen molar-refractivity contribution in [3.05, 3.63) is 28.7 Å². The Morgan fingerprint density at radius 1 is 1.47 bits per heavy atom. The lowest BCUT2D eigenvalue weighted by atomic mass is 9.97. The summed E-state index contributed by atoms with van der Waals surface area (Å²) in [6.07, 6.45) is 0.923. The first kappa shape index (κ1) is 15.0. The van der Waals surface area contributed by atoms with Crippen LogP contribution < -0.4 is 5.32 Å². The van der Waals surface area contributed by atoms with Gasteiger partial charge in [0.25, 0.3) is 0 Å². The smallest absolute Gasteiger partial charge is 0.0610 e. The number of nitrogens with one attached hydrogen (secondary N) is 1. The van der Waals surface area contributed by atoms with E-state index in [4.69, 9.17) is 0 Å². The van der Waals surface area contributed by atoms with Gasteiger partial charge in [0, 0.05) is 20.2 Å². The molecule has 0 aliphatic carbocycles. The van der Waals surface area contributed by atoms with Gasteiger partial charge in [-0.1, -0.05) is 19.1 Å². The van der Waals surface area contributed by atoms with Crippen LogP contribution in [0.15, 0.2) is 33.6 Å². The molecule has 0 bridgehead atoms. The lowest BCUT2D eigenvalue weighted by Crippen LogP contribution is -2.45. The number of rotatable bonds is 6. The van der Waals surface area contributed by atoms with Crippen molar-refractivity contribution in [1.82, 2.24) is 5.32 Å². The van der Waals surface area contributed by atoms with E-state index in [1.54, 1.807) is 0 Å². The molecule has 1 aromatic rings.